The molecule has 0 radical (unpaired) electrons. The Kier molecular flexibility index (Phi) is 12.9. The molecule has 22 aromatic rings. The highest BCUT2D eigenvalue weighted by Gasteiger charge is 2.22. The first-order valence-corrected chi connectivity index (χ1v) is 34.9. The Hall–Kier alpha value is -13.7. The molecule has 0 N–H and O–H groups in total. The van der Waals surface area contributed by atoms with Gasteiger partial charge in [0, 0.05) is 76.2 Å². The molecular weight excluding hydrogens is 1240 g/mol. The molecule has 6 heteroatoms. The van der Waals surface area contributed by atoms with Gasteiger partial charge < -0.3 is 27.1 Å². The Morgan fingerprint density at radius 2 is 0.520 bits per heavy atom. The van der Waals surface area contributed by atoms with E-state index in [0.717, 1.165) is 60.9 Å². The standard InChI is InChI=1S/2C48H30N2O/c1-2-12-31(13-3-1)35-14-4-8-18-42(35)50-44-20-10-6-16-37(44)40-29-33(23-26-46(40)50)32-22-25-45-39(28-32)36-15-5-9-19-43(36)49(45)34-24-27-48-41(30-34)38-17-7-11-21-47(38)51-48;1-2-12-31(13-3-1)32-14-10-15-35(28-32)49-41-19-7-4-16-36(41)39-29-33(24-26-43(39)49)34-25-27-44-40(30-34)37-17-5-8-20-42(37)50(44)45-21-11-23-47-48(45)38-18-6-9-22-46(38)51-47/h2*1-30H. The van der Waals surface area contributed by atoms with E-state index in [1.165, 1.54) is 137 Å². The second kappa shape index (κ2) is 23.0. The van der Waals surface area contributed by atoms with Gasteiger partial charge in [-0.3, -0.25) is 0 Å². The smallest absolute Gasteiger partial charge is 0.137 e. The third kappa shape index (κ3) is 8.99. The highest BCUT2D eigenvalue weighted by molar-refractivity contribution is 6.17. The maximum atomic E-state index is 6.30. The summed E-state index contributed by atoms with van der Waals surface area (Å²) in [6.45, 7) is 0. The van der Waals surface area contributed by atoms with Gasteiger partial charge in [0.2, 0.25) is 0 Å². The van der Waals surface area contributed by atoms with Gasteiger partial charge in [-0.05, 0) is 172 Å². The molecule has 22 rings (SSSR count). The highest BCUT2D eigenvalue weighted by atomic mass is 16.3. The number of furan rings is 2. The first kappa shape index (κ1) is 57.4. The van der Waals surface area contributed by atoms with Crippen molar-refractivity contribution in [3.05, 3.63) is 364 Å². The summed E-state index contributed by atoms with van der Waals surface area (Å²) in [5, 5.41) is 14.4. The number of benzene rings is 16. The summed E-state index contributed by atoms with van der Waals surface area (Å²) in [6, 6.07) is 131. The quantitative estimate of drug-likeness (QED) is 0.152. The molecule has 0 saturated carbocycles. The predicted molar refractivity (Wildman–Crippen MR) is 427 cm³/mol. The minimum absolute atomic E-state index is 0.899. The number of nitrogens with zero attached hydrogens (tertiary/aromatic N) is 4. The molecule has 0 aliphatic carbocycles. The van der Waals surface area contributed by atoms with Crippen LogP contribution in [-0.2, 0) is 0 Å². The first-order chi connectivity index (χ1) is 50.6. The molecule has 102 heavy (non-hydrogen) atoms. The van der Waals surface area contributed by atoms with E-state index >= 15 is 0 Å². The largest absolute Gasteiger partial charge is 0.456 e. The maximum Gasteiger partial charge on any atom is 0.137 e. The molecule has 0 amide bonds. The fraction of sp³-hybridized carbons (Fsp3) is 0. The van der Waals surface area contributed by atoms with Crippen molar-refractivity contribution >= 4 is 131 Å². The van der Waals surface area contributed by atoms with E-state index in [4.69, 9.17) is 8.83 Å². The summed E-state index contributed by atoms with van der Waals surface area (Å²) in [5.41, 5.74) is 27.4. The van der Waals surface area contributed by atoms with Crippen LogP contribution in [-0.4, -0.2) is 18.3 Å². The maximum absolute atomic E-state index is 6.30. The Balaban J connectivity index is 0.000000133. The molecule has 0 fully saturated rings. The normalized spacial score (nSPS) is 11.9. The van der Waals surface area contributed by atoms with Gasteiger partial charge in [-0.1, -0.05) is 231 Å². The molecule has 6 aromatic heterocycles. The van der Waals surface area contributed by atoms with Crippen molar-refractivity contribution in [2.75, 3.05) is 0 Å². The van der Waals surface area contributed by atoms with E-state index in [2.05, 4.69) is 358 Å². The molecule has 6 nitrogen and oxygen atoms in total. The minimum atomic E-state index is 0.899. The van der Waals surface area contributed by atoms with Gasteiger partial charge in [0.15, 0.2) is 0 Å². The Bertz CT molecular complexity index is 7140. The molecule has 476 valence electrons. The first-order valence-electron chi connectivity index (χ1n) is 34.9. The van der Waals surface area contributed by atoms with Crippen molar-refractivity contribution in [3.63, 3.8) is 0 Å². The van der Waals surface area contributed by atoms with Crippen molar-refractivity contribution in [3.8, 4) is 67.3 Å². The number of rotatable bonds is 8. The van der Waals surface area contributed by atoms with Crippen LogP contribution in [0.5, 0.6) is 0 Å². The lowest BCUT2D eigenvalue weighted by Crippen LogP contribution is -1.97. The topological polar surface area (TPSA) is 46.0 Å². The fourth-order valence-corrected chi connectivity index (χ4v) is 16.5. The van der Waals surface area contributed by atoms with Crippen LogP contribution >= 0.6 is 0 Å². The fourth-order valence-electron chi connectivity index (χ4n) is 16.5. The molecule has 0 aliphatic heterocycles. The summed E-state index contributed by atoms with van der Waals surface area (Å²) in [6.07, 6.45) is 0. The Morgan fingerprint density at radius 3 is 1.08 bits per heavy atom. The van der Waals surface area contributed by atoms with Crippen LogP contribution in [0, 0.1) is 0 Å². The van der Waals surface area contributed by atoms with Gasteiger partial charge in [-0.2, -0.15) is 0 Å². The Labute approximate surface area is 585 Å². The average Bonchev–Trinajstić information content (AvgIpc) is 1.58. The van der Waals surface area contributed by atoms with Gasteiger partial charge in [-0.25, -0.2) is 0 Å². The lowest BCUT2D eigenvalue weighted by molar-refractivity contribution is 0.668. The monoisotopic (exact) mass is 1300 g/mol. The van der Waals surface area contributed by atoms with Crippen molar-refractivity contribution in [2.45, 2.75) is 0 Å². The summed E-state index contributed by atoms with van der Waals surface area (Å²) < 4.78 is 22.1. The van der Waals surface area contributed by atoms with Crippen LogP contribution in [0.1, 0.15) is 0 Å². The molecule has 0 spiro atoms. The number of aromatic nitrogens is 4. The zero-order chi connectivity index (χ0) is 66.9. The zero-order valence-electron chi connectivity index (χ0n) is 55.2. The van der Waals surface area contributed by atoms with Crippen LogP contribution in [0.2, 0.25) is 0 Å². The number of fused-ring (bicyclic) bond motifs is 18. The van der Waals surface area contributed by atoms with Crippen LogP contribution < -0.4 is 0 Å². The van der Waals surface area contributed by atoms with Gasteiger partial charge in [-0.15, -0.1) is 0 Å². The molecule has 0 atom stereocenters. The van der Waals surface area contributed by atoms with Gasteiger partial charge in [0.1, 0.15) is 22.3 Å². The summed E-state index contributed by atoms with van der Waals surface area (Å²) in [4.78, 5) is 0. The number of hydrogen-bond acceptors (Lipinski definition) is 2. The Morgan fingerprint density at radius 1 is 0.167 bits per heavy atom. The van der Waals surface area contributed by atoms with Gasteiger partial charge in [0.05, 0.1) is 60.9 Å². The van der Waals surface area contributed by atoms with E-state index in [1.807, 2.05) is 24.3 Å². The average molecular weight is 1300 g/mol. The lowest BCUT2D eigenvalue weighted by atomic mass is 10.0. The minimum Gasteiger partial charge on any atom is -0.456 e. The predicted octanol–water partition coefficient (Wildman–Crippen LogP) is 26.2. The van der Waals surface area contributed by atoms with Crippen LogP contribution in [0.15, 0.2) is 373 Å². The second-order valence-corrected chi connectivity index (χ2v) is 26.7. The third-order valence-corrected chi connectivity index (χ3v) is 21.0. The van der Waals surface area contributed by atoms with Crippen molar-refractivity contribution in [1.82, 2.24) is 18.3 Å². The van der Waals surface area contributed by atoms with Crippen LogP contribution in [0.25, 0.3) is 198 Å². The van der Waals surface area contributed by atoms with Crippen molar-refractivity contribution < 1.29 is 8.83 Å². The molecule has 16 aromatic carbocycles. The number of hydrogen-bond donors (Lipinski definition) is 0. The molecule has 0 bridgehead atoms. The SMILES string of the molecule is c1ccc(-c2cccc(-n3c4ccccc4c4cc(-c5ccc6c(c5)c5ccccc5n6-c5cccc6oc7ccccc7c56)ccc43)c2)cc1.c1ccc(-c2ccccc2-n2c3ccccc3c3cc(-c4ccc5c(c4)c4ccccc4n5-c4ccc5oc6ccccc6c5c4)ccc32)cc1. The van der Waals surface area contributed by atoms with E-state index in [-0.39, 0.29) is 0 Å². The summed E-state index contributed by atoms with van der Waals surface area (Å²) >= 11 is 0. The number of para-hydroxylation sites is 7. The van der Waals surface area contributed by atoms with E-state index in [9.17, 15) is 0 Å². The molecular formula is C96H60N4O2. The zero-order valence-corrected chi connectivity index (χ0v) is 55.2. The summed E-state index contributed by atoms with van der Waals surface area (Å²) in [7, 11) is 0. The molecule has 0 aliphatic rings. The lowest BCUT2D eigenvalue weighted by Gasteiger charge is -2.14. The van der Waals surface area contributed by atoms with E-state index < -0.39 is 0 Å². The van der Waals surface area contributed by atoms with Crippen LogP contribution in [0.3, 0.4) is 0 Å². The summed E-state index contributed by atoms with van der Waals surface area (Å²) in [5.74, 6) is 0. The second-order valence-electron chi connectivity index (χ2n) is 26.7. The molecule has 6 heterocycles. The third-order valence-electron chi connectivity index (χ3n) is 21.0. The van der Waals surface area contributed by atoms with Gasteiger partial charge in [0.25, 0.3) is 0 Å². The van der Waals surface area contributed by atoms with Crippen molar-refractivity contribution in [2.24, 2.45) is 0 Å². The van der Waals surface area contributed by atoms with E-state index in [0.29, 0.717) is 0 Å². The van der Waals surface area contributed by atoms with Crippen molar-refractivity contribution in [1.29, 1.82) is 0 Å². The van der Waals surface area contributed by atoms with Gasteiger partial charge >= 0.3 is 0 Å². The highest BCUT2D eigenvalue weighted by Crippen LogP contribution is 2.45. The van der Waals surface area contributed by atoms with E-state index in [1.54, 1.807) is 0 Å². The molecule has 0 saturated heterocycles. The van der Waals surface area contributed by atoms with Crippen LogP contribution in [0.4, 0.5) is 0 Å². The molecule has 0 unspecified atom stereocenters.